The van der Waals surface area contributed by atoms with Gasteiger partial charge in [0.15, 0.2) is 5.76 Å². The van der Waals surface area contributed by atoms with E-state index in [2.05, 4.69) is 21.1 Å². The Morgan fingerprint density at radius 3 is 2.84 bits per heavy atom. The van der Waals surface area contributed by atoms with Crippen molar-refractivity contribution in [3.8, 4) is 23.2 Å². The molecule has 190 valence electrons. The summed E-state index contributed by atoms with van der Waals surface area (Å²) in [5, 5.41) is 25.5. The Balaban J connectivity index is 1.48. The third kappa shape index (κ3) is 3.66. The summed E-state index contributed by atoms with van der Waals surface area (Å²) in [6.07, 6.45) is 7.84. The zero-order valence-corrected chi connectivity index (χ0v) is 20.9. The van der Waals surface area contributed by atoms with Crippen molar-refractivity contribution in [2.45, 2.75) is 31.9 Å². The van der Waals surface area contributed by atoms with Crippen LogP contribution in [0, 0.1) is 11.3 Å². The van der Waals surface area contributed by atoms with E-state index >= 15 is 0 Å². The average Bonchev–Trinajstić information content (AvgIpc) is 3.63. The first kappa shape index (κ1) is 23.5. The number of nitrogens with one attached hydrogen (secondary N) is 1. The Hall–Kier alpha value is -3.92. The highest BCUT2D eigenvalue weighted by Crippen LogP contribution is 2.38. The van der Waals surface area contributed by atoms with Crippen molar-refractivity contribution >= 4 is 32.0 Å². The third-order valence-corrected chi connectivity index (χ3v) is 8.90. The number of aliphatic hydroxyl groups is 1. The molecule has 2 N–H and O–H groups in total. The van der Waals surface area contributed by atoms with E-state index in [4.69, 9.17) is 4.42 Å². The van der Waals surface area contributed by atoms with Crippen LogP contribution in [0.2, 0.25) is 0 Å². The highest BCUT2D eigenvalue weighted by Gasteiger charge is 2.50. The van der Waals surface area contributed by atoms with Crippen LogP contribution < -0.4 is 0 Å². The predicted octanol–water partition coefficient (Wildman–Crippen LogP) is 3.12. The normalized spacial score (nSPS) is 15.8. The van der Waals surface area contributed by atoms with Crippen LogP contribution in [-0.2, 0) is 22.2 Å². The number of aromatic amines is 1. The topological polar surface area (TPSA) is 146 Å². The second kappa shape index (κ2) is 8.58. The van der Waals surface area contributed by atoms with Gasteiger partial charge in [0.25, 0.3) is 0 Å². The van der Waals surface area contributed by atoms with Crippen molar-refractivity contribution in [2.24, 2.45) is 0 Å². The summed E-state index contributed by atoms with van der Waals surface area (Å²) in [5.74, 6) is 1.10. The molecule has 0 radical (unpaired) electrons. The maximum absolute atomic E-state index is 12.6. The Bertz CT molecular complexity index is 1760. The lowest BCUT2D eigenvalue weighted by Crippen LogP contribution is -2.64. The molecule has 0 aliphatic carbocycles. The molecular weight excluding hydrogens is 494 g/mol. The molecule has 0 bridgehead atoms. The third-order valence-electron chi connectivity index (χ3n) is 6.93. The fraction of sp³-hybridized carbons (Fsp3) is 0.320. The van der Waals surface area contributed by atoms with Gasteiger partial charge in [0.05, 0.1) is 41.3 Å². The van der Waals surface area contributed by atoms with E-state index in [0.29, 0.717) is 17.9 Å². The minimum atomic E-state index is -3.36. The molecule has 6 rings (SSSR count). The monoisotopic (exact) mass is 519 g/mol. The quantitative estimate of drug-likeness (QED) is 0.320. The van der Waals surface area contributed by atoms with Crippen LogP contribution in [0.4, 0.5) is 0 Å². The summed E-state index contributed by atoms with van der Waals surface area (Å²) in [5.41, 5.74) is 2.37. The number of nitrogens with zero attached hydrogens (tertiary/aromatic N) is 6. The Kier molecular flexibility index (Phi) is 5.45. The summed E-state index contributed by atoms with van der Waals surface area (Å²) in [4.78, 5) is 7.66. The van der Waals surface area contributed by atoms with Gasteiger partial charge in [-0.1, -0.05) is 6.92 Å². The van der Waals surface area contributed by atoms with Crippen molar-refractivity contribution in [3.05, 3.63) is 54.8 Å². The second-order valence-corrected chi connectivity index (χ2v) is 11.5. The first-order valence-corrected chi connectivity index (χ1v) is 13.6. The van der Waals surface area contributed by atoms with Crippen molar-refractivity contribution in [3.63, 3.8) is 0 Å². The number of aliphatic hydroxyl groups excluding tert-OH is 1. The number of hydrogen-bond acceptors (Lipinski definition) is 7. The molecule has 5 aromatic rings. The van der Waals surface area contributed by atoms with Crippen LogP contribution in [0.5, 0.6) is 0 Å². The molecule has 0 atom stereocenters. The lowest BCUT2D eigenvalue weighted by atomic mass is 9.89. The fourth-order valence-corrected chi connectivity index (χ4v) is 6.76. The number of rotatable bonds is 8. The number of nitriles is 1. The summed E-state index contributed by atoms with van der Waals surface area (Å²) < 4.78 is 36.2. The van der Waals surface area contributed by atoms with Gasteiger partial charge < -0.3 is 19.1 Å². The first-order valence-electron chi connectivity index (χ1n) is 12.0. The molecular formula is C25H25N7O4S. The van der Waals surface area contributed by atoms with E-state index in [1.54, 1.807) is 23.1 Å². The average molecular weight is 520 g/mol. The van der Waals surface area contributed by atoms with Gasteiger partial charge in [-0.05, 0) is 30.7 Å². The molecule has 0 amide bonds. The van der Waals surface area contributed by atoms with Crippen molar-refractivity contribution in [1.82, 2.24) is 28.6 Å². The van der Waals surface area contributed by atoms with Crippen LogP contribution in [0.1, 0.15) is 25.5 Å². The van der Waals surface area contributed by atoms with Crippen LogP contribution in [0.25, 0.3) is 39.1 Å². The van der Waals surface area contributed by atoms with Gasteiger partial charge in [0.2, 0.25) is 10.0 Å². The second-order valence-electron chi connectivity index (χ2n) is 9.38. The van der Waals surface area contributed by atoms with Gasteiger partial charge in [-0.15, -0.1) is 0 Å². The van der Waals surface area contributed by atoms with E-state index in [9.17, 15) is 18.8 Å². The van der Waals surface area contributed by atoms with Gasteiger partial charge in [0.1, 0.15) is 23.6 Å². The highest BCUT2D eigenvalue weighted by atomic mass is 32.2. The highest BCUT2D eigenvalue weighted by molar-refractivity contribution is 7.89. The SMILES string of the molecule is CCCS(=O)(=O)N1CC(CC#N)(n2cc(-n3c(-c4ccc(CO)o4)cc4cnc5[nH]ccc5c43)cn2)C1. The van der Waals surface area contributed by atoms with Gasteiger partial charge in [-0.2, -0.15) is 14.7 Å². The van der Waals surface area contributed by atoms with Crippen LogP contribution in [0.15, 0.2) is 53.5 Å². The van der Waals surface area contributed by atoms with E-state index in [0.717, 1.165) is 33.3 Å². The molecule has 1 saturated heterocycles. The van der Waals surface area contributed by atoms with Gasteiger partial charge in [-0.3, -0.25) is 4.68 Å². The molecule has 37 heavy (non-hydrogen) atoms. The molecule has 0 aromatic carbocycles. The molecule has 1 fully saturated rings. The van der Waals surface area contributed by atoms with Crippen molar-refractivity contribution < 1.29 is 17.9 Å². The molecule has 5 aromatic heterocycles. The van der Waals surface area contributed by atoms with Gasteiger partial charge in [-0.25, -0.2) is 13.4 Å². The number of sulfonamides is 1. The summed E-state index contributed by atoms with van der Waals surface area (Å²) in [7, 11) is -3.36. The Morgan fingerprint density at radius 1 is 1.27 bits per heavy atom. The minimum Gasteiger partial charge on any atom is -0.457 e. The predicted molar refractivity (Wildman–Crippen MR) is 136 cm³/mol. The van der Waals surface area contributed by atoms with Crippen LogP contribution in [0.3, 0.4) is 0 Å². The van der Waals surface area contributed by atoms with E-state index in [1.165, 1.54) is 4.31 Å². The molecule has 1 aliphatic rings. The number of pyridine rings is 1. The Labute approximate surface area is 212 Å². The zero-order valence-electron chi connectivity index (χ0n) is 20.1. The number of hydrogen-bond donors (Lipinski definition) is 2. The molecule has 0 unspecified atom stereocenters. The first-order chi connectivity index (χ1) is 17.9. The number of H-pyrrole nitrogens is 1. The molecule has 1 aliphatic heterocycles. The van der Waals surface area contributed by atoms with E-state index < -0.39 is 15.6 Å². The van der Waals surface area contributed by atoms with Gasteiger partial charge >= 0.3 is 0 Å². The summed E-state index contributed by atoms with van der Waals surface area (Å²) in [6, 6.07) is 9.68. The summed E-state index contributed by atoms with van der Waals surface area (Å²) >= 11 is 0. The van der Waals surface area contributed by atoms with E-state index in [1.807, 2.05) is 42.1 Å². The standard InChI is InChI=1S/C25H25N7O4S/c1-2-9-37(34,35)30-15-25(16-30,6-7-26)31-13-18(12-29-31)32-21(22-4-3-19(14-33)36-22)10-17-11-28-24-20(23(17)32)5-8-27-24/h3-5,8,10-13,33H,2,6,9,14-16H2,1H3,(H,27,28). The zero-order chi connectivity index (χ0) is 25.8. The molecule has 6 heterocycles. The number of aromatic nitrogens is 5. The molecule has 0 saturated carbocycles. The molecule has 0 spiro atoms. The maximum Gasteiger partial charge on any atom is 0.214 e. The lowest BCUT2D eigenvalue weighted by molar-refractivity contribution is 0.0717. The van der Waals surface area contributed by atoms with Crippen molar-refractivity contribution in [1.29, 1.82) is 5.26 Å². The molecule has 12 heteroatoms. The van der Waals surface area contributed by atoms with Crippen molar-refractivity contribution in [2.75, 3.05) is 18.8 Å². The van der Waals surface area contributed by atoms with E-state index in [-0.39, 0.29) is 31.9 Å². The lowest BCUT2D eigenvalue weighted by Gasteiger charge is -2.47. The number of furan rings is 1. The smallest absolute Gasteiger partial charge is 0.214 e. The molecule has 11 nitrogen and oxygen atoms in total. The van der Waals surface area contributed by atoms with Crippen LogP contribution >= 0.6 is 0 Å². The number of fused-ring (bicyclic) bond motifs is 3. The summed E-state index contributed by atoms with van der Waals surface area (Å²) in [6.45, 7) is 2.02. The van der Waals surface area contributed by atoms with Crippen LogP contribution in [-0.4, -0.2) is 61.0 Å². The Morgan fingerprint density at radius 2 is 2.11 bits per heavy atom. The fourth-order valence-electron chi connectivity index (χ4n) is 5.11. The largest absolute Gasteiger partial charge is 0.457 e. The van der Waals surface area contributed by atoms with Gasteiger partial charge in [0, 0.05) is 42.5 Å². The maximum atomic E-state index is 12.6. The minimum absolute atomic E-state index is 0.0817.